The lowest BCUT2D eigenvalue weighted by atomic mass is 10.1. The summed E-state index contributed by atoms with van der Waals surface area (Å²) >= 11 is 0. The summed E-state index contributed by atoms with van der Waals surface area (Å²) in [5, 5.41) is 3.30. The molecule has 0 radical (unpaired) electrons. The summed E-state index contributed by atoms with van der Waals surface area (Å²) < 4.78 is 30.8. The van der Waals surface area contributed by atoms with Crippen molar-refractivity contribution in [1.82, 2.24) is 5.43 Å². The van der Waals surface area contributed by atoms with Crippen LogP contribution in [0.15, 0.2) is 23.3 Å². The van der Waals surface area contributed by atoms with E-state index in [-0.39, 0.29) is 12.2 Å². The molecule has 0 bridgehead atoms. The number of benzene rings is 1. The number of amides is 1. The van der Waals surface area contributed by atoms with E-state index < -0.39 is 35.8 Å². The number of carbonyl (C=O) groups excluding carboxylic acids is 2. The Morgan fingerprint density at radius 3 is 2.75 bits per heavy atom. The molecule has 1 aromatic carbocycles. The first-order valence-electron chi connectivity index (χ1n) is 5.67. The molecule has 0 saturated carbocycles. The number of nitrogens with zero attached hydrogens (tertiary/aromatic N) is 1. The minimum absolute atomic E-state index is 0.109. The highest BCUT2D eigenvalue weighted by atomic mass is 19.2. The standard InChI is InChI=1S/C12H13F2N3O3/c1-2-20-12(19)11(15)17-16-9(18)6-7-4-3-5-8(13)10(7)14/h3-5H,2,6H2,1H3,(H2,15,17)(H,16,18). The normalized spacial score (nSPS) is 11.1. The Balaban J connectivity index is 2.62. The van der Waals surface area contributed by atoms with Crippen LogP contribution in [0, 0.1) is 11.6 Å². The molecule has 108 valence electrons. The van der Waals surface area contributed by atoms with Crippen LogP contribution in [0.5, 0.6) is 0 Å². The summed E-state index contributed by atoms with van der Waals surface area (Å²) in [6.07, 6.45) is -0.441. The van der Waals surface area contributed by atoms with Gasteiger partial charge in [-0.1, -0.05) is 12.1 Å². The molecule has 0 heterocycles. The zero-order valence-electron chi connectivity index (χ0n) is 10.7. The molecule has 0 spiro atoms. The molecule has 0 atom stereocenters. The van der Waals surface area contributed by atoms with Crippen LogP contribution in [-0.4, -0.2) is 24.3 Å². The summed E-state index contributed by atoms with van der Waals surface area (Å²) in [4.78, 5) is 22.5. The molecule has 0 unspecified atom stereocenters. The van der Waals surface area contributed by atoms with Crippen LogP contribution in [0.2, 0.25) is 0 Å². The highest BCUT2D eigenvalue weighted by molar-refractivity contribution is 6.34. The fraction of sp³-hybridized carbons (Fsp3) is 0.250. The maximum Gasteiger partial charge on any atom is 0.375 e. The summed E-state index contributed by atoms with van der Waals surface area (Å²) in [5.74, 6) is -4.33. The Kier molecular flexibility index (Phi) is 5.57. The Hall–Kier alpha value is -2.51. The number of hydrazone groups is 1. The summed E-state index contributed by atoms with van der Waals surface area (Å²) in [6, 6.07) is 3.47. The monoisotopic (exact) mass is 285 g/mol. The predicted octanol–water partition coefficient (Wildman–Crippen LogP) is 0.459. The quantitative estimate of drug-likeness (QED) is 0.364. The predicted molar refractivity (Wildman–Crippen MR) is 66.5 cm³/mol. The van der Waals surface area contributed by atoms with Gasteiger partial charge < -0.3 is 10.5 Å². The number of esters is 1. The van der Waals surface area contributed by atoms with Crippen molar-refractivity contribution in [2.45, 2.75) is 13.3 Å². The highest BCUT2D eigenvalue weighted by Gasteiger charge is 2.12. The van der Waals surface area contributed by atoms with Crippen molar-refractivity contribution >= 4 is 17.7 Å². The van der Waals surface area contributed by atoms with Crippen LogP contribution in [0.4, 0.5) is 8.78 Å². The molecule has 0 aliphatic carbocycles. The molecule has 0 fully saturated rings. The highest BCUT2D eigenvalue weighted by Crippen LogP contribution is 2.11. The van der Waals surface area contributed by atoms with Crippen molar-refractivity contribution in [3.8, 4) is 0 Å². The van der Waals surface area contributed by atoms with E-state index in [1.807, 2.05) is 5.43 Å². The van der Waals surface area contributed by atoms with Crippen LogP contribution in [-0.2, 0) is 20.7 Å². The maximum absolute atomic E-state index is 13.3. The van der Waals surface area contributed by atoms with E-state index in [4.69, 9.17) is 5.73 Å². The van der Waals surface area contributed by atoms with Gasteiger partial charge in [0.1, 0.15) is 0 Å². The number of nitrogens with one attached hydrogen (secondary N) is 1. The van der Waals surface area contributed by atoms with Gasteiger partial charge in [-0.2, -0.15) is 0 Å². The molecule has 20 heavy (non-hydrogen) atoms. The van der Waals surface area contributed by atoms with Crippen molar-refractivity contribution in [2.24, 2.45) is 10.8 Å². The van der Waals surface area contributed by atoms with Gasteiger partial charge in [0.15, 0.2) is 11.6 Å². The van der Waals surface area contributed by atoms with Crippen LogP contribution in [0.1, 0.15) is 12.5 Å². The summed E-state index contributed by atoms with van der Waals surface area (Å²) in [5.41, 5.74) is 7.04. The molecule has 0 aliphatic rings. The average Bonchev–Trinajstić information content (AvgIpc) is 2.41. The lowest BCUT2D eigenvalue weighted by Gasteiger charge is -2.04. The fourth-order valence-corrected chi connectivity index (χ4v) is 1.27. The third-order valence-corrected chi connectivity index (χ3v) is 2.17. The number of amidine groups is 1. The molecule has 1 amide bonds. The van der Waals surface area contributed by atoms with E-state index in [1.165, 1.54) is 12.1 Å². The van der Waals surface area contributed by atoms with Gasteiger partial charge in [-0.15, -0.1) is 5.10 Å². The number of nitrogens with two attached hydrogens (primary N) is 1. The second-order valence-corrected chi connectivity index (χ2v) is 3.64. The van der Waals surface area contributed by atoms with Crippen LogP contribution in [0.3, 0.4) is 0 Å². The first-order chi connectivity index (χ1) is 9.45. The molecule has 1 rings (SSSR count). The molecule has 0 saturated heterocycles. The second-order valence-electron chi connectivity index (χ2n) is 3.64. The largest absolute Gasteiger partial charge is 0.460 e. The van der Waals surface area contributed by atoms with E-state index in [2.05, 4.69) is 9.84 Å². The van der Waals surface area contributed by atoms with E-state index >= 15 is 0 Å². The molecule has 6 nitrogen and oxygen atoms in total. The van der Waals surface area contributed by atoms with Gasteiger partial charge in [0.05, 0.1) is 13.0 Å². The maximum atomic E-state index is 13.3. The van der Waals surface area contributed by atoms with E-state index in [1.54, 1.807) is 6.92 Å². The number of carbonyl (C=O) groups is 2. The molecule has 1 aromatic rings. The first-order valence-corrected chi connectivity index (χ1v) is 5.67. The number of rotatable bonds is 4. The van der Waals surface area contributed by atoms with E-state index in [9.17, 15) is 18.4 Å². The fourth-order valence-electron chi connectivity index (χ4n) is 1.27. The van der Waals surface area contributed by atoms with Gasteiger partial charge in [0.25, 0.3) is 0 Å². The Labute approximate surface area is 113 Å². The van der Waals surface area contributed by atoms with Gasteiger partial charge in [-0.3, -0.25) is 4.79 Å². The van der Waals surface area contributed by atoms with Crippen LogP contribution < -0.4 is 11.2 Å². The third-order valence-electron chi connectivity index (χ3n) is 2.17. The van der Waals surface area contributed by atoms with Crippen LogP contribution >= 0.6 is 0 Å². The zero-order chi connectivity index (χ0) is 15.1. The summed E-state index contributed by atoms with van der Waals surface area (Å²) in [7, 11) is 0. The Morgan fingerprint density at radius 2 is 2.10 bits per heavy atom. The molecular weight excluding hydrogens is 272 g/mol. The third kappa shape index (κ3) is 4.30. The molecule has 0 aliphatic heterocycles. The lowest BCUT2D eigenvalue weighted by molar-refractivity contribution is -0.135. The SMILES string of the molecule is CCOC(=O)C(N)=NNC(=O)Cc1cccc(F)c1F. The zero-order valence-corrected chi connectivity index (χ0v) is 10.7. The van der Waals surface area contributed by atoms with E-state index in [0.717, 1.165) is 6.07 Å². The number of ether oxygens (including phenoxy) is 1. The second kappa shape index (κ2) is 7.17. The number of hydrogen-bond donors (Lipinski definition) is 2. The minimum Gasteiger partial charge on any atom is -0.460 e. The molecular formula is C12H13F2N3O3. The number of hydrogen-bond acceptors (Lipinski definition) is 4. The number of halogens is 2. The van der Waals surface area contributed by atoms with Gasteiger partial charge in [0.2, 0.25) is 11.7 Å². The first kappa shape index (κ1) is 15.5. The van der Waals surface area contributed by atoms with Crippen molar-refractivity contribution in [2.75, 3.05) is 6.61 Å². The average molecular weight is 285 g/mol. The Morgan fingerprint density at radius 1 is 1.40 bits per heavy atom. The van der Waals surface area contributed by atoms with Crippen molar-refractivity contribution in [1.29, 1.82) is 0 Å². The van der Waals surface area contributed by atoms with Crippen molar-refractivity contribution < 1.29 is 23.1 Å². The molecule has 3 N–H and O–H groups in total. The molecule has 8 heteroatoms. The Bertz CT molecular complexity index is 547. The van der Waals surface area contributed by atoms with E-state index in [0.29, 0.717) is 0 Å². The summed E-state index contributed by atoms with van der Waals surface area (Å²) in [6.45, 7) is 1.69. The van der Waals surface area contributed by atoms with Crippen LogP contribution in [0.25, 0.3) is 0 Å². The van der Waals surface area contributed by atoms with Gasteiger partial charge in [-0.25, -0.2) is 19.0 Å². The minimum atomic E-state index is -1.11. The van der Waals surface area contributed by atoms with Gasteiger partial charge >= 0.3 is 5.97 Å². The molecule has 0 aromatic heterocycles. The smallest absolute Gasteiger partial charge is 0.375 e. The van der Waals surface area contributed by atoms with Crippen molar-refractivity contribution in [3.05, 3.63) is 35.4 Å². The van der Waals surface area contributed by atoms with Gasteiger partial charge in [0, 0.05) is 5.56 Å². The topological polar surface area (TPSA) is 93.8 Å². The lowest BCUT2D eigenvalue weighted by Crippen LogP contribution is -2.31. The van der Waals surface area contributed by atoms with Gasteiger partial charge in [-0.05, 0) is 13.0 Å². The van der Waals surface area contributed by atoms with Crippen molar-refractivity contribution in [3.63, 3.8) is 0 Å².